The molecule has 3 heteroatoms. The molecule has 0 aromatic heterocycles. The summed E-state index contributed by atoms with van der Waals surface area (Å²) in [5, 5.41) is 3.39. The predicted octanol–water partition coefficient (Wildman–Crippen LogP) is 1.86. The number of likely N-dealkylation sites (N-methyl/N-ethyl adjacent to an activating group) is 1. The lowest BCUT2D eigenvalue weighted by molar-refractivity contribution is 0.322. The summed E-state index contributed by atoms with van der Waals surface area (Å²) >= 11 is 0. The van der Waals surface area contributed by atoms with E-state index >= 15 is 0 Å². The predicted molar refractivity (Wildman–Crippen MR) is 80.8 cm³/mol. The Balaban J connectivity index is 1.69. The van der Waals surface area contributed by atoms with Gasteiger partial charge in [0.25, 0.3) is 0 Å². The zero-order valence-electron chi connectivity index (χ0n) is 12.2. The zero-order valence-corrected chi connectivity index (χ0v) is 12.2. The molecule has 0 saturated carbocycles. The van der Waals surface area contributed by atoms with Crippen LogP contribution in [0.25, 0.3) is 0 Å². The van der Waals surface area contributed by atoms with E-state index in [0.29, 0.717) is 6.04 Å². The molecule has 1 aromatic rings. The second kappa shape index (κ2) is 5.51. The Morgan fingerprint density at radius 2 is 2.21 bits per heavy atom. The van der Waals surface area contributed by atoms with Crippen molar-refractivity contribution < 1.29 is 0 Å². The van der Waals surface area contributed by atoms with E-state index in [2.05, 4.69) is 47.4 Å². The van der Waals surface area contributed by atoms with Crippen LogP contribution in [0.3, 0.4) is 0 Å². The molecule has 104 valence electrons. The van der Waals surface area contributed by atoms with Crippen molar-refractivity contribution in [1.29, 1.82) is 0 Å². The highest BCUT2D eigenvalue weighted by atomic mass is 15.2. The van der Waals surface area contributed by atoms with Crippen LogP contribution >= 0.6 is 0 Å². The lowest BCUT2D eigenvalue weighted by atomic mass is 9.99. The molecule has 0 bridgehead atoms. The van der Waals surface area contributed by atoms with Crippen LogP contribution in [0.15, 0.2) is 18.2 Å². The summed E-state index contributed by atoms with van der Waals surface area (Å²) in [6.45, 7) is 4.72. The second-order valence-electron chi connectivity index (χ2n) is 6.00. The van der Waals surface area contributed by atoms with Crippen LogP contribution in [0, 0.1) is 0 Å². The van der Waals surface area contributed by atoms with Gasteiger partial charge in [-0.25, -0.2) is 0 Å². The normalized spacial score (nSPS) is 23.7. The molecule has 2 aliphatic heterocycles. The Kier molecular flexibility index (Phi) is 3.76. The molecule has 2 aliphatic rings. The average molecular weight is 259 g/mol. The van der Waals surface area contributed by atoms with Crippen LogP contribution in [0.5, 0.6) is 0 Å². The molecule has 0 spiro atoms. The molecule has 1 N–H and O–H groups in total. The van der Waals surface area contributed by atoms with Gasteiger partial charge in [-0.15, -0.1) is 0 Å². The van der Waals surface area contributed by atoms with E-state index in [4.69, 9.17) is 0 Å². The first kappa shape index (κ1) is 12.9. The van der Waals surface area contributed by atoms with Gasteiger partial charge in [-0.05, 0) is 43.5 Å². The number of nitrogens with zero attached hydrogens (tertiary/aromatic N) is 2. The van der Waals surface area contributed by atoms with Gasteiger partial charge in [0.2, 0.25) is 0 Å². The van der Waals surface area contributed by atoms with Crippen molar-refractivity contribution in [2.75, 3.05) is 38.6 Å². The molecule has 1 saturated heterocycles. The molecule has 0 aliphatic carbocycles. The Morgan fingerprint density at radius 1 is 1.32 bits per heavy atom. The van der Waals surface area contributed by atoms with Gasteiger partial charge in [-0.1, -0.05) is 12.1 Å². The van der Waals surface area contributed by atoms with Gasteiger partial charge in [0.15, 0.2) is 0 Å². The first-order valence-corrected chi connectivity index (χ1v) is 7.49. The number of benzene rings is 1. The van der Waals surface area contributed by atoms with Gasteiger partial charge in [0, 0.05) is 45.0 Å². The summed E-state index contributed by atoms with van der Waals surface area (Å²) in [5.41, 5.74) is 4.45. The molecular weight excluding hydrogens is 234 g/mol. The van der Waals surface area contributed by atoms with Gasteiger partial charge in [0.05, 0.1) is 0 Å². The summed E-state index contributed by atoms with van der Waals surface area (Å²) in [4.78, 5) is 4.95. The van der Waals surface area contributed by atoms with Crippen LogP contribution in [-0.4, -0.2) is 44.7 Å². The number of anilines is 1. The highest BCUT2D eigenvalue weighted by Crippen LogP contribution is 2.27. The Labute approximate surface area is 116 Å². The topological polar surface area (TPSA) is 18.5 Å². The number of fused-ring (bicyclic) bond motifs is 1. The molecule has 1 fully saturated rings. The Bertz CT molecular complexity index is 444. The fourth-order valence-electron chi connectivity index (χ4n) is 3.41. The quantitative estimate of drug-likeness (QED) is 0.894. The van der Waals surface area contributed by atoms with Crippen molar-refractivity contribution in [2.24, 2.45) is 0 Å². The fourth-order valence-corrected chi connectivity index (χ4v) is 3.41. The number of hydrogen-bond acceptors (Lipinski definition) is 3. The molecule has 1 atom stereocenters. The van der Waals surface area contributed by atoms with Gasteiger partial charge in [0.1, 0.15) is 0 Å². The fraction of sp³-hybridized carbons (Fsp3) is 0.625. The monoisotopic (exact) mass is 259 g/mol. The standard InChI is InChI=1S/C16H25N3/c1-17-15-7-9-19(12-15)11-13-5-6-16-14(10-13)4-3-8-18(16)2/h5-6,10,15,17H,3-4,7-9,11-12H2,1-2H3. The minimum absolute atomic E-state index is 0.684. The SMILES string of the molecule is CNC1CCN(Cc2ccc3c(c2)CCCN3C)C1. The Morgan fingerprint density at radius 3 is 3.00 bits per heavy atom. The molecule has 2 heterocycles. The lowest BCUT2D eigenvalue weighted by Crippen LogP contribution is -2.29. The zero-order chi connectivity index (χ0) is 13.2. The highest BCUT2D eigenvalue weighted by Gasteiger charge is 2.21. The van der Waals surface area contributed by atoms with Gasteiger partial charge < -0.3 is 10.2 Å². The highest BCUT2D eigenvalue weighted by molar-refractivity contribution is 5.56. The molecular formula is C16H25N3. The minimum Gasteiger partial charge on any atom is -0.374 e. The number of hydrogen-bond donors (Lipinski definition) is 1. The van der Waals surface area contributed by atoms with Gasteiger partial charge >= 0.3 is 0 Å². The van der Waals surface area contributed by atoms with E-state index in [1.54, 1.807) is 0 Å². The van der Waals surface area contributed by atoms with E-state index in [-0.39, 0.29) is 0 Å². The second-order valence-corrected chi connectivity index (χ2v) is 6.00. The third-order valence-corrected chi connectivity index (χ3v) is 4.58. The van der Waals surface area contributed by atoms with E-state index in [1.807, 2.05) is 0 Å². The smallest absolute Gasteiger partial charge is 0.0396 e. The third kappa shape index (κ3) is 2.77. The van der Waals surface area contributed by atoms with Crippen molar-refractivity contribution in [3.05, 3.63) is 29.3 Å². The summed E-state index contributed by atoms with van der Waals surface area (Å²) in [5.74, 6) is 0. The summed E-state index contributed by atoms with van der Waals surface area (Å²) in [6, 6.07) is 7.74. The van der Waals surface area contributed by atoms with Crippen molar-refractivity contribution in [3.63, 3.8) is 0 Å². The largest absolute Gasteiger partial charge is 0.374 e. The maximum absolute atomic E-state index is 3.39. The van der Waals surface area contributed by atoms with E-state index < -0.39 is 0 Å². The van der Waals surface area contributed by atoms with Crippen molar-refractivity contribution in [1.82, 2.24) is 10.2 Å². The Hall–Kier alpha value is -1.06. The van der Waals surface area contributed by atoms with Crippen LogP contribution in [-0.2, 0) is 13.0 Å². The maximum Gasteiger partial charge on any atom is 0.0396 e. The molecule has 1 unspecified atom stereocenters. The number of aryl methyl sites for hydroxylation is 1. The number of nitrogens with one attached hydrogen (secondary N) is 1. The molecule has 19 heavy (non-hydrogen) atoms. The van der Waals surface area contributed by atoms with Crippen molar-refractivity contribution in [3.8, 4) is 0 Å². The molecule has 1 aromatic carbocycles. The molecule has 0 amide bonds. The summed E-state index contributed by atoms with van der Waals surface area (Å²) < 4.78 is 0. The average Bonchev–Trinajstić information content (AvgIpc) is 2.86. The van der Waals surface area contributed by atoms with Crippen LogP contribution in [0.2, 0.25) is 0 Å². The van der Waals surface area contributed by atoms with Crippen LogP contribution < -0.4 is 10.2 Å². The molecule has 3 rings (SSSR count). The lowest BCUT2D eigenvalue weighted by Gasteiger charge is -2.28. The summed E-state index contributed by atoms with van der Waals surface area (Å²) in [7, 11) is 4.28. The van der Waals surface area contributed by atoms with E-state index in [0.717, 1.165) is 6.54 Å². The number of likely N-dealkylation sites (tertiary alicyclic amines) is 1. The van der Waals surface area contributed by atoms with E-state index in [9.17, 15) is 0 Å². The summed E-state index contributed by atoms with van der Waals surface area (Å²) in [6.07, 6.45) is 3.81. The molecule has 0 radical (unpaired) electrons. The number of rotatable bonds is 3. The minimum atomic E-state index is 0.684. The van der Waals surface area contributed by atoms with Crippen LogP contribution in [0.4, 0.5) is 5.69 Å². The molecule has 3 nitrogen and oxygen atoms in total. The van der Waals surface area contributed by atoms with Gasteiger partial charge in [-0.2, -0.15) is 0 Å². The van der Waals surface area contributed by atoms with Crippen molar-refractivity contribution in [2.45, 2.75) is 31.8 Å². The maximum atomic E-state index is 3.39. The first-order chi connectivity index (χ1) is 9.26. The van der Waals surface area contributed by atoms with E-state index in [1.165, 1.54) is 55.7 Å². The first-order valence-electron chi connectivity index (χ1n) is 7.49. The third-order valence-electron chi connectivity index (χ3n) is 4.58. The van der Waals surface area contributed by atoms with Crippen molar-refractivity contribution >= 4 is 5.69 Å². The van der Waals surface area contributed by atoms with Crippen LogP contribution in [0.1, 0.15) is 24.0 Å². The van der Waals surface area contributed by atoms with Gasteiger partial charge in [-0.3, -0.25) is 4.90 Å².